The fraction of sp³-hybridized carbons (Fsp3) is 0.263. The molecule has 0 bridgehead atoms. The molecule has 0 spiro atoms. The van der Waals surface area contributed by atoms with Crippen molar-refractivity contribution in [2.75, 3.05) is 7.11 Å². The number of carbonyl (C=O) groups is 1. The first-order chi connectivity index (χ1) is 11.1. The van der Waals surface area contributed by atoms with Crippen LogP contribution in [0.1, 0.15) is 46.8 Å². The molecule has 0 aliphatic heterocycles. The van der Waals surface area contributed by atoms with E-state index < -0.39 is 0 Å². The van der Waals surface area contributed by atoms with Gasteiger partial charge in [-0.05, 0) is 34.7 Å². The van der Waals surface area contributed by atoms with Crippen molar-refractivity contribution in [2.24, 2.45) is 5.16 Å². The monoisotopic (exact) mass is 311 g/mol. The molecule has 2 aromatic rings. The van der Waals surface area contributed by atoms with Gasteiger partial charge in [0, 0.05) is 0 Å². The Hall–Kier alpha value is -2.62. The van der Waals surface area contributed by atoms with E-state index in [2.05, 4.69) is 48.0 Å². The summed E-state index contributed by atoms with van der Waals surface area (Å²) in [6.07, 6.45) is 1.61. The molecule has 2 rings (SSSR count). The second-order valence-electron chi connectivity index (χ2n) is 5.52. The summed E-state index contributed by atoms with van der Waals surface area (Å²) in [4.78, 5) is 16.6. The van der Waals surface area contributed by atoms with Crippen LogP contribution in [0.3, 0.4) is 0 Å². The summed E-state index contributed by atoms with van der Waals surface area (Å²) in [5.74, 6) is 0.172. The highest BCUT2D eigenvalue weighted by molar-refractivity contribution is 5.90. The number of methoxy groups -OCH3 is 1. The van der Waals surface area contributed by atoms with Crippen molar-refractivity contribution in [3.05, 3.63) is 70.8 Å². The van der Waals surface area contributed by atoms with E-state index in [1.807, 2.05) is 0 Å². The predicted molar refractivity (Wildman–Crippen MR) is 90.7 cm³/mol. The van der Waals surface area contributed by atoms with E-state index in [0.717, 1.165) is 11.1 Å². The number of esters is 1. The van der Waals surface area contributed by atoms with Crippen LogP contribution in [0.15, 0.2) is 53.7 Å². The van der Waals surface area contributed by atoms with Crippen molar-refractivity contribution in [3.8, 4) is 0 Å². The van der Waals surface area contributed by atoms with Crippen LogP contribution < -0.4 is 0 Å². The van der Waals surface area contributed by atoms with Gasteiger partial charge in [0.15, 0.2) is 0 Å². The molecule has 0 amide bonds. The van der Waals surface area contributed by atoms with Crippen LogP contribution in [-0.4, -0.2) is 19.3 Å². The number of ether oxygens (including phenoxy) is 1. The van der Waals surface area contributed by atoms with Gasteiger partial charge in [0.2, 0.25) is 0 Å². The molecule has 0 aliphatic rings. The fourth-order valence-electron chi connectivity index (χ4n) is 2.03. The minimum Gasteiger partial charge on any atom is -0.465 e. The topological polar surface area (TPSA) is 47.9 Å². The summed E-state index contributed by atoms with van der Waals surface area (Å²) in [6.45, 7) is 4.76. The van der Waals surface area contributed by atoms with Crippen LogP contribution in [-0.2, 0) is 16.2 Å². The molecule has 0 aromatic heterocycles. The number of oxime groups is 1. The van der Waals surface area contributed by atoms with Crippen molar-refractivity contribution in [3.63, 3.8) is 0 Å². The third-order valence-electron chi connectivity index (χ3n) is 3.49. The zero-order valence-electron chi connectivity index (χ0n) is 13.7. The molecule has 0 atom stereocenters. The van der Waals surface area contributed by atoms with Gasteiger partial charge in [0.1, 0.15) is 6.61 Å². The summed E-state index contributed by atoms with van der Waals surface area (Å²) in [5, 5.41) is 3.95. The third-order valence-corrected chi connectivity index (χ3v) is 3.49. The van der Waals surface area contributed by atoms with Gasteiger partial charge in [-0.25, -0.2) is 4.79 Å². The Kier molecular flexibility index (Phi) is 5.92. The normalized spacial score (nSPS) is 11.0. The van der Waals surface area contributed by atoms with Crippen LogP contribution in [0.2, 0.25) is 0 Å². The van der Waals surface area contributed by atoms with Gasteiger partial charge < -0.3 is 9.57 Å². The molecule has 0 unspecified atom stereocenters. The Morgan fingerprint density at radius 3 is 2.30 bits per heavy atom. The molecule has 4 heteroatoms. The SMILES string of the molecule is COC(=O)c1ccc(/C=N/OCc2ccc(C(C)C)cc2)cc1. The Labute approximate surface area is 136 Å². The Morgan fingerprint density at radius 2 is 1.74 bits per heavy atom. The van der Waals surface area contributed by atoms with E-state index in [1.165, 1.54) is 12.7 Å². The average molecular weight is 311 g/mol. The third kappa shape index (κ3) is 4.95. The second-order valence-corrected chi connectivity index (χ2v) is 5.52. The maximum Gasteiger partial charge on any atom is 0.337 e. The molecule has 120 valence electrons. The lowest BCUT2D eigenvalue weighted by atomic mass is 10.0. The van der Waals surface area contributed by atoms with Gasteiger partial charge >= 0.3 is 5.97 Å². The molecule has 23 heavy (non-hydrogen) atoms. The number of carbonyl (C=O) groups excluding carboxylic acids is 1. The molecule has 0 aliphatic carbocycles. The van der Waals surface area contributed by atoms with Crippen LogP contribution >= 0.6 is 0 Å². The molecular weight excluding hydrogens is 290 g/mol. The lowest BCUT2D eigenvalue weighted by Crippen LogP contribution is -2.00. The summed E-state index contributed by atoms with van der Waals surface area (Å²) < 4.78 is 4.65. The first kappa shape index (κ1) is 16.7. The van der Waals surface area contributed by atoms with Gasteiger partial charge in [-0.1, -0.05) is 55.4 Å². The van der Waals surface area contributed by atoms with Gasteiger partial charge in [0.05, 0.1) is 18.9 Å². The number of rotatable bonds is 6. The average Bonchev–Trinajstić information content (AvgIpc) is 2.59. The van der Waals surface area contributed by atoms with Crippen molar-refractivity contribution < 1.29 is 14.4 Å². The quantitative estimate of drug-likeness (QED) is 0.457. The van der Waals surface area contributed by atoms with Gasteiger partial charge in [-0.3, -0.25) is 0 Å². The van der Waals surface area contributed by atoms with Crippen LogP contribution in [0.5, 0.6) is 0 Å². The minimum atomic E-state index is -0.352. The molecule has 0 N–H and O–H groups in total. The van der Waals surface area contributed by atoms with E-state index in [1.54, 1.807) is 30.5 Å². The maximum absolute atomic E-state index is 11.3. The highest BCUT2D eigenvalue weighted by Crippen LogP contribution is 2.15. The zero-order valence-corrected chi connectivity index (χ0v) is 13.7. The first-order valence-electron chi connectivity index (χ1n) is 7.52. The predicted octanol–water partition coefficient (Wildman–Crippen LogP) is 4.15. The molecular formula is C19H21NO3. The van der Waals surface area contributed by atoms with Crippen LogP contribution in [0.4, 0.5) is 0 Å². The Bertz CT molecular complexity index is 658. The van der Waals surface area contributed by atoms with Gasteiger partial charge in [-0.15, -0.1) is 0 Å². The van der Waals surface area contributed by atoms with Crippen LogP contribution in [0.25, 0.3) is 0 Å². The molecule has 4 nitrogen and oxygen atoms in total. The highest BCUT2D eigenvalue weighted by Gasteiger charge is 2.03. The van der Waals surface area contributed by atoms with Crippen LogP contribution in [0, 0.1) is 0 Å². The largest absolute Gasteiger partial charge is 0.465 e. The highest BCUT2D eigenvalue weighted by atomic mass is 16.6. The van der Waals surface area contributed by atoms with E-state index in [0.29, 0.717) is 18.1 Å². The number of hydrogen-bond acceptors (Lipinski definition) is 4. The number of nitrogens with zero attached hydrogens (tertiary/aromatic N) is 1. The number of benzene rings is 2. The van der Waals surface area contributed by atoms with Gasteiger partial charge in [0.25, 0.3) is 0 Å². The minimum absolute atomic E-state index is 0.352. The second kappa shape index (κ2) is 8.13. The Balaban J connectivity index is 1.85. The number of hydrogen-bond donors (Lipinski definition) is 0. The summed E-state index contributed by atoms with van der Waals surface area (Å²) >= 11 is 0. The first-order valence-corrected chi connectivity index (χ1v) is 7.52. The standard InChI is InChI=1S/C19H21NO3/c1-14(2)17-8-6-16(7-9-17)13-23-20-12-15-4-10-18(11-5-15)19(21)22-3/h4-12,14H,13H2,1-3H3/b20-12+. The van der Waals surface area contributed by atoms with Crippen molar-refractivity contribution in [1.29, 1.82) is 0 Å². The van der Waals surface area contributed by atoms with E-state index in [4.69, 9.17) is 4.84 Å². The summed E-state index contributed by atoms with van der Waals surface area (Å²) in [6, 6.07) is 15.3. The molecule has 0 saturated heterocycles. The van der Waals surface area contributed by atoms with Gasteiger partial charge in [-0.2, -0.15) is 0 Å². The lowest BCUT2D eigenvalue weighted by Gasteiger charge is -2.06. The summed E-state index contributed by atoms with van der Waals surface area (Å²) in [5.41, 5.74) is 3.75. The van der Waals surface area contributed by atoms with E-state index >= 15 is 0 Å². The lowest BCUT2D eigenvalue weighted by molar-refractivity contribution is 0.0600. The van der Waals surface area contributed by atoms with Crippen molar-refractivity contribution in [1.82, 2.24) is 0 Å². The van der Waals surface area contributed by atoms with Crippen molar-refractivity contribution >= 4 is 12.2 Å². The molecule has 0 heterocycles. The molecule has 0 saturated carbocycles. The fourth-order valence-corrected chi connectivity index (χ4v) is 2.03. The zero-order chi connectivity index (χ0) is 16.7. The van der Waals surface area contributed by atoms with E-state index in [-0.39, 0.29) is 5.97 Å². The Morgan fingerprint density at radius 1 is 1.09 bits per heavy atom. The van der Waals surface area contributed by atoms with Crippen molar-refractivity contribution in [2.45, 2.75) is 26.4 Å². The molecule has 0 radical (unpaired) electrons. The maximum atomic E-state index is 11.3. The molecule has 0 fully saturated rings. The molecule has 2 aromatic carbocycles. The smallest absolute Gasteiger partial charge is 0.337 e. The summed E-state index contributed by atoms with van der Waals surface area (Å²) in [7, 11) is 1.36. The van der Waals surface area contributed by atoms with E-state index in [9.17, 15) is 4.79 Å².